The first-order valence-corrected chi connectivity index (χ1v) is 15.0. The molecule has 2 aromatic heterocycles. The van der Waals surface area contributed by atoms with E-state index in [0.29, 0.717) is 27.7 Å². The molecule has 0 spiro atoms. The fourth-order valence-electron chi connectivity index (χ4n) is 6.80. The minimum absolute atomic E-state index is 0.208. The van der Waals surface area contributed by atoms with Crippen molar-refractivity contribution in [3.05, 3.63) is 106 Å². The Kier molecular flexibility index (Phi) is 7.51. The molecule has 0 amide bonds. The SMILES string of the molecule is Cc1cc([C@H]2[C@H](c3ccccn3)NC(=S)N2c2ccc(N3C[C@H](C)C[C@H](C)C3)c(Cl)c2)c(C)n1-c1ccccc1F. The van der Waals surface area contributed by atoms with Crippen LogP contribution >= 0.6 is 23.8 Å². The van der Waals surface area contributed by atoms with Crippen LogP contribution in [0.15, 0.2) is 72.9 Å². The van der Waals surface area contributed by atoms with Crippen LogP contribution in [0.3, 0.4) is 0 Å². The number of benzene rings is 2. The molecule has 2 aliphatic rings. The molecule has 1 N–H and O–H groups in total. The molecule has 2 fully saturated rings. The van der Waals surface area contributed by atoms with E-state index in [-0.39, 0.29) is 17.9 Å². The number of aromatic nitrogens is 2. The van der Waals surface area contributed by atoms with Gasteiger partial charge in [0.1, 0.15) is 5.82 Å². The summed E-state index contributed by atoms with van der Waals surface area (Å²) >= 11 is 13.0. The average molecular weight is 588 g/mol. The number of piperidine rings is 1. The molecule has 6 rings (SSSR count). The maximum atomic E-state index is 15.0. The summed E-state index contributed by atoms with van der Waals surface area (Å²) in [6, 6.07) is 20.8. The summed E-state index contributed by atoms with van der Waals surface area (Å²) in [5, 5.41) is 4.86. The summed E-state index contributed by atoms with van der Waals surface area (Å²) in [5.41, 5.74) is 6.33. The lowest BCUT2D eigenvalue weighted by Gasteiger charge is -2.37. The van der Waals surface area contributed by atoms with E-state index in [9.17, 15) is 4.39 Å². The van der Waals surface area contributed by atoms with Gasteiger partial charge >= 0.3 is 0 Å². The molecule has 4 atom stereocenters. The Hall–Kier alpha value is -3.42. The number of nitrogens with one attached hydrogen (secondary N) is 1. The number of para-hydroxylation sites is 1. The Labute approximate surface area is 252 Å². The van der Waals surface area contributed by atoms with E-state index in [0.717, 1.165) is 47.1 Å². The molecule has 2 aromatic carbocycles. The monoisotopic (exact) mass is 587 g/mol. The first-order valence-electron chi connectivity index (χ1n) is 14.2. The van der Waals surface area contributed by atoms with E-state index < -0.39 is 0 Å². The van der Waals surface area contributed by atoms with Gasteiger partial charge in [0.15, 0.2) is 5.11 Å². The molecule has 212 valence electrons. The fourth-order valence-corrected chi connectivity index (χ4v) is 7.44. The second kappa shape index (κ2) is 11.1. The second-order valence-corrected chi connectivity index (χ2v) is 12.4. The first-order chi connectivity index (χ1) is 19.7. The summed E-state index contributed by atoms with van der Waals surface area (Å²) in [6.07, 6.45) is 3.04. The number of nitrogens with zero attached hydrogens (tertiary/aromatic N) is 4. The van der Waals surface area contributed by atoms with Gasteiger partial charge in [0.25, 0.3) is 0 Å². The first kappa shape index (κ1) is 27.7. The number of anilines is 2. The van der Waals surface area contributed by atoms with Gasteiger partial charge in [-0.2, -0.15) is 0 Å². The highest BCUT2D eigenvalue weighted by Crippen LogP contribution is 2.45. The van der Waals surface area contributed by atoms with Crippen LogP contribution in [0.25, 0.3) is 5.69 Å². The molecular formula is C33H35ClFN5S. The van der Waals surface area contributed by atoms with Crippen molar-refractivity contribution in [1.82, 2.24) is 14.9 Å². The van der Waals surface area contributed by atoms with Crippen LogP contribution in [0.4, 0.5) is 15.8 Å². The van der Waals surface area contributed by atoms with Gasteiger partial charge in [0.2, 0.25) is 0 Å². The normalized spacial score (nSPS) is 22.7. The van der Waals surface area contributed by atoms with Gasteiger partial charge in [-0.05, 0) is 98.4 Å². The van der Waals surface area contributed by atoms with E-state index in [2.05, 4.69) is 52.1 Å². The lowest BCUT2D eigenvalue weighted by molar-refractivity contribution is 0.357. The number of hydrogen-bond acceptors (Lipinski definition) is 3. The molecule has 2 saturated heterocycles. The number of aryl methyl sites for hydroxylation is 1. The molecule has 5 nitrogen and oxygen atoms in total. The van der Waals surface area contributed by atoms with E-state index in [1.165, 1.54) is 12.5 Å². The van der Waals surface area contributed by atoms with Crippen molar-refractivity contribution >= 4 is 40.3 Å². The van der Waals surface area contributed by atoms with Crippen LogP contribution in [0.2, 0.25) is 5.02 Å². The van der Waals surface area contributed by atoms with E-state index in [1.54, 1.807) is 12.3 Å². The standard InChI is InChI=1S/C33H35ClFN5S/c1-20-15-21(2)19-38(18-20)29-13-12-24(17-26(29)34)40-32(31(37-33(40)41)28-10-7-8-14-36-28)25-16-22(3)39(23(25)4)30-11-6-5-9-27(30)35/h5-14,16-17,20-21,31-32H,15,18-19H2,1-4H3,(H,37,41)/t20-,21+,31-,32-/m0/s1. The van der Waals surface area contributed by atoms with Crippen molar-refractivity contribution < 1.29 is 4.39 Å². The topological polar surface area (TPSA) is 36.3 Å². The van der Waals surface area contributed by atoms with E-state index in [4.69, 9.17) is 23.8 Å². The molecular weight excluding hydrogens is 553 g/mol. The zero-order chi connectivity index (χ0) is 28.8. The fraction of sp³-hybridized carbons (Fsp3) is 0.333. The van der Waals surface area contributed by atoms with Gasteiger partial charge < -0.3 is 19.7 Å². The van der Waals surface area contributed by atoms with Crippen LogP contribution < -0.4 is 15.1 Å². The molecule has 0 unspecified atom stereocenters. The van der Waals surface area contributed by atoms with Gasteiger partial charge in [-0.25, -0.2) is 4.39 Å². The third-order valence-electron chi connectivity index (χ3n) is 8.40. The van der Waals surface area contributed by atoms with E-state index >= 15 is 0 Å². The minimum Gasteiger partial charge on any atom is -0.370 e. The number of pyridine rings is 1. The van der Waals surface area contributed by atoms with Crippen molar-refractivity contribution in [3.63, 3.8) is 0 Å². The highest BCUT2D eigenvalue weighted by Gasteiger charge is 2.42. The average Bonchev–Trinajstić information content (AvgIpc) is 3.43. The Morgan fingerprint density at radius 2 is 1.68 bits per heavy atom. The maximum absolute atomic E-state index is 15.0. The number of rotatable bonds is 5. The summed E-state index contributed by atoms with van der Waals surface area (Å²) < 4.78 is 16.9. The van der Waals surface area contributed by atoms with Gasteiger partial charge in [-0.3, -0.25) is 4.98 Å². The van der Waals surface area contributed by atoms with Crippen LogP contribution in [-0.4, -0.2) is 27.8 Å². The predicted molar refractivity (Wildman–Crippen MR) is 170 cm³/mol. The molecule has 4 heterocycles. The Morgan fingerprint density at radius 1 is 0.951 bits per heavy atom. The smallest absolute Gasteiger partial charge is 0.174 e. The molecule has 0 saturated carbocycles. The van der Waals surface area contributed by atoms with Crippen LogP contribution in [0.5, 0.6) is 0 Å². The third kappa shape index (κ3) is 5.10. The molecule has 0 radical (unpaired) electrons. The summed E-state index contributed by atoms with van der Waals surface area (Å²) in [4.78, 5) is 9.23. The third-order valence-corrected chi connectivity index (χ3v) is 9.02. The van der Waals surface area contributed by atoms with Gasteiger partial charge in [0, 0.05) is 36.4 Å². The van der Waals surface area contributed by atoms with E-state index in [1.807, 2.05) is 54.8 Å². The molecule has 41 heavy (non-hydrogen) atoms. The van der Waals surface area contributed by atoms with Crippen molar-refractivity contribution in [2.24, 2.45) is 11.8 Å². The van der Waals surface area contributed by atoms with Crippen molar-refractivity contribution in [1.29, 1.82) is 0 Å². The molecule has 8 heteroatoms. The zero-order valence-electron chi connectivity index (χ0n) is 23.8. The molecule has 2 aliphatic heterocycles. The van der Waals surface area contributed by atoms with Gasteiger partial charge in [0.05, 0.1) is 34.2 Å². The summed E-state index contributed by atoms with van der Waals surface area (Å²) in [7, 11) is 0. The van der Waals surface area contributed by atoms with Gasteiger partial charge in [-0.15, -0.1) is 0 Å². The van der Waals surface area contributed by atoms with Crippen LogP contribution in [-0.2, 0) is 0 Å². The maximum Gasteiger partial charge on any atom is 0.174 e. The predicted octanol–water partition coefficient (Wildman–Crippen LogP) is 7.94. The quantitative estimate of drug-likeness (QED) is 0.240. The highest BCUT2D eigenvalue weighted by atomic mass is 35.5. The lowest BCUT2D eigenvalue weighted by Crippen LogP contribution is -2.38. The largest absolute Gasteiger partial charge is 0.370 e. The van der Waals surface area contributed by atoms with Gasteiger partial charge in [-0.1, -0.05) is 43.6 Å². The Morgan fingerprint density at radius 3 is 2.37 bits per heavy atom. The molecule has 4 aromatic rings. The van der Waals surface area contributed by atoms with Crippen molar-refractivity contribution in [2.45, 2.75) is 46.2 Å². The zero-order valence-corrected chi connectivity index (χ0v) is 25.4. The Balaban J connectivity index is 1.45. The van der Waals surface area contributed by atoms with Crippen molar-refractivity contribution in [2.75, 3.05) is 22.9 Å². The Bertz CT molecular complexity index is 1580. The lowest BCUT2D eigenvalue weighted by atomic mass is 9.91. The number of halogens is 2. The highest BCUT2D eigenvalue weighted by molar-refractivity contribution is 7.80. The second-order valence-electron chi connectivity index (χ2n) is 11.6. The van der Waals surface area contributed by atoms with Crippen LogP contribution in [0, 0.1) is 31.5 Å². The minimum atomic E-state index is -0.261. The molecule has 0 bridgehead atoms. The van der Waals surface area contributed by atoms with Crippen LogP contribution in [0.1, 0.15) is 55.0 Å². The van der Waals surface area contributed by atoms with Crippen molar-refractivity contribution in [3.8, 4) is 5.69 Å². The number of thiocarbonyl (C=S) groups is 1. The summed E-state index contributed by atoms with van der Waals surface area (Å²) in [6.45, 7) is 10.7. The molecule has 0 aliphatic carbocycles. The summed E-state index contributed by atoms with van der Waals surface area (Å²) in [5.74, 6) is 0.985. The number of hydrogen-bond donors (Lipinski definition) is 1.